The molecule has 98 valence electrons. The molecule has 0 atom stereocenters. The molecule has 0 bridgehead atoms. The topological polar surface area (TPSA) is 60.4 Å². The normalized spacial score (nSPS) is 11.4. The zero-order valence-corrected chi connectivity index (χ0v) is 10.7. The van der Waals surface area contributed by atoms with E-state index in [9.17, 15) is 0 Å². The molecule has 6 nitrogen and oxygen atoms in total. The minimum atomic E-state index is 0.779. The molecular weight excluding hydrogens is 252 g/mol. The quantitative estimate of drug-likeness (QED) is 0.563. The van der Waals surface area contributed by atoms with Crippen molar-refractivity contribution in [3.8, 4) is 0 Å². The van der Waals surface area contributed by atoms with Crippen LogP contribution in [0.5, 0.6) is 0 Å². The Balaban J connectivity index is 1.64. The van der Waals surface area contributed by atoms with E-state index in [1.807, 2.05) is 57.6 Å². The number of fused-ring (bicyclic) bond motifs is 2. The molecule has 0 spiro atoms. The lowest BCUT2D eigenvalue weighted by Gasteiger charge is -1.99. The fourth-order valence-electron chi connectivity index (χ4n) is 2.35. The Labute approximate surface area is 114 Å². The molecular formula is C14H12N6. The smallest absolute Gasteiger partial charge is 0.160 e. The van der Waals surface area contributed by atoms with E-state index in [0.29, 0.717) is 0 Å². The summed E-state index contributed by atoms with van der Waals surface area (Å²) in [6.45, 7) is 0. The molecule has 0 aromatic carbocycles. The molecule has 4 aromatic rings. The van der Waals surface area contributed by atoms with Gasteiger partial charge in [0.1, 0.15) is 11.6 Å². The molecule has 0 unspecified atom stereocenters. The van der Waals surface area contributed by atoms with Crippen molar-refractivity contribution in [2.75, 3.05) is 0 Å². The number of pyridine rings is 2. The van der Waals surface area contributed by atoms with Crippen LogP contribution in [0.15, 0.2) is 48.8 Å². The van der Waals surface area contributed by atoms with Crippen molar-refractivity contribution in [1.82, 2.24) is 29.2 Å². The van der Waals surface area contributed by atoms with Gasteiger partial charge in [0.15, 0.2) is 11.3 Å². The minimum absolute atomic E-state index is 0.779. The average Bonchev–Trinajstić information content (AvgIpc) is 3.09. The highest BCUT2D eigenvalue weighted by Crippen LogP contribution is 2.08. The van der Waals surface area contributed by atoms with Gasteiger partial charge in [0.25, 0.3) is 0 Å². The lowest BCUT2D eigenvalue weighted by Crippen LogP contribution is -2.01. The fourth-order valence-corrected chi connectivity index (χ4v) is 2.35. The van der Waals surface area contributed by atoms with Gasteiger partial charge in [0.05, 0.1) is 0 Å². The van der Waals surface area contributed by atoms with E-state index in [2.05, 4.69) is 20.4 Å². The van der Waals surface area contributed by atoms with Crippen molar-refractivity contribution in [1.29, 1.82) is 0 Å². The highest BCUT2D eigenvalue weighted by Gasteiger charge is 2.08. The summed E-state index contributed by atoms with van der Waals surface area (Å²) in [6, 6.07) is 11.8. The highest BCUT2D eigenvalue weighted by atomic mass is 15.3. The standard InChI is InChI=1S/C14H12N6/c1-3-9-19-11(5-1)15-17-13(19)7-8-14-18-16-12-6-2-4-10-20(12)14/h1-6,9-10H,7-8H2. The van der Waals surface area contributed by atoms with Crippen LogP contribution in [-0.4, -0.2) is 29.2 Å². The van der Waals surface area contributed by atoms with Crippen molar-refractivity contribution in [3.05, 3.63) is 60.4 Å². The van der Waals surface area contributed by atoms with Gasteiger partial charge < -0.3 is 0 Å². The Bertz CT molecular complexity index is 801. The SMILES string of the molecule is c1ccn2c(CCc3nnc4ccccn34)nnc2c1. The third-order valence-corrected chi connectivity index (χ3v) is 3.34. The number of nitrogens with zero attached hydrogens (tertiary/aromatic N) is 6. The summed E-state index contributed by atoms with van der Waals surface area (Å²) in [5, 5.41) is 16.8. The minimum Gasteiger partial charge on any atom is -0.286 e. The van der Waals surface area contributed by atoms with Crippen LogP contribution in [0.2, 0.25) is 0 Å². The van der Waals surface area contributed by atoms with E-state index >= 15 is 0 Å². The maximum atomic E-state index is 4.23. The number of aryl methyl sites for hydroxylation is 2. The van der Waals surface area contributed by atoms with Crippen LogP contribution < -0.4 is 0 Å². The molecule has 0 N–H and O–H groups in total. The first-order valence-electron chi connectivity index (χ1n) is 6.49. The van der Waals surface area contributed by atoms with Gasteiger partial charge in [-0.15, -0.1) is 20.4 Å². The Hall–Kier alpha value is -2.76. The van der Waals surface area contributed by atoms with Crippen LogP contribution in [0.1, 0.15) is 11.6 Å². The van der Waals surface area contributed by atoms with E-state index in [1.54, 1.807) is 0 Å². The van der Waals surface area contributed by atoms with Gasteiger partial charge in [0.2, 0.25) is 0 Å². The number of aromatic nitrogens is 6. The lowest BCUT2D eigenvalue weighted by atomic mass is 10.3. The molecule has 4 rings (SSSR count). The third-order valence-electron chi connectivity index (χ3n) is 3.34. The highest BCUT2D eigenvalue weighted by molar-refractivity contribution is 5.38. The second-order valence-electron chi connectivity index (χ2n) is 4.59. The first-order chi connectivity index (χ1) is 9.92. The maximum Gasteiger partial charge on any atom is 0.160 e. The molecule has 0 fully saturated rings. The zero-order valence-electron chi connectivity index (χ0n) is 10.7. The summed E-state index contributed by atoms with van der Waals surface area (Å²) in [5.74, 6) is 1.88. The van der Waals surface area contributed by atoms with E-state index in [-0.39, 0.29) is 0 Å². The van der Waals surface area contributed by atoms with Gasteiger partial charge in [-0.1, -0.05) is 12.1 Å². The molecule has 0 saturated carbocycles. The molecule has 0 saturated heterocycles. The molecule has 6 heteroatoms. The van der Waals surface area contributed by atoms with Gasteiger partial charge in [0, 0.05) is 25.2 Å². The number of rotatable bonds is 3. The zero-order chi connectivity index (χ0) is 13.4. The van der Waals surface area contributed by atoms with E-state index in [0.717, 1.165) is 35.8 Å². The Morgan fingerprint density at radius 3 is 1.65 bits per heavy atom. The van der Waals surface area contributed by atoms with Gasteiger partial charge in [-0.2, -0.15) is 0 Å². The Morgan fingerprint density at radius 2 is 1.15 bits per heavy atom. The first-order valence-corrected chi connectivity index (χ1v) is 6.49. The van der Waals surface area contributed by atoms with E-state index in [4.69, 9.17) is 0 Å². The van der Waals surface area contributed by atoms with Gasteiger partial charge in [-0.05, 0) is 24.3 Å². The van der Waals surface area contributed by atoms with Crippen LogP contribution in [-0.2, 0) is 12.8 Å². The predicted octanol–water partition coefficient (Wildman–Crippen LogP) is 1.56. The van der Waals surface area contributed by atoms with Crippen LogP contribution in [0, 0.1) is 0 Å². The summed E-state index contributed by atoms with van der Waals surface area (Å²) in [7, 11) is 0. The molecule has 20 heavy (non-hydrogen) atoms. The van der Waals surface area contributed by atoms with E-state index < -0.39 is 0 Å². The predicted molar refractivity (Wildman–Crippen MR) is 73.4 cm³/mol. The lowest BCUT2D eigenvalue weighted by molar-refractivity contribution is 0.783. The summed E-state index contributed by atoms with van der Waals surface area (Å²) >= 11 is 0. The van der Waals surface area contributed by atoms with Crippen molar-refractivity contribution in [2.45, 2.75) is 12.8 Å². The van der Waals surface area contributed by atoms with Gasteiger partial charge >= 0.3 is 0 Å². The number of hydrogen-bond donors (Lipinski definition) is 0. The fraction of sp³-hybridized carbons (Fsp3) is 0.143. The first kappa shape index (κ1) is 11.1. The third kappa shape index (κ3) is 1.73. The molecule has 0 aliphatic rings. The van der Waals surface area contributed by atoms with Crippen LogP contribution in [0.25, 0.3) is 11.3 Å². The van der Waals surface area contributed by atoms with Crippen LogP contribution >= 0.6 is 0 Å². The van der Waals surface area contributed by atoms with Gasteiger partial charge in [-0.25, -0.2) is 0 Å². The second-order valence-corrected chi connectivity index (χ2v) is 4.59. The molecule has 4 heterocycles. The summed E-state index contributed by atoms with van der Waals surface area (Å²) in [4.78, 5) is 0. The van der Waals surface area contributed by atoms with Crippen molar-refractivity contribution < 1.29 is 0 Å². The van der Waals surface area contributed by atoms with Gasteiger partial charge in [-0.3, -0.25) is 8.80 Å². The maximum absolute atomic E-state index is 4.23. The molecule has 0 aliphatic carbocycles. The monoisotopic (exact) mass is 264 g/mol. The summed E-state index contributed by atoms with van der Waals surface area (Å²) in [6.07, 6.45) is 5.51. The molecule has 0 amide bonds. The molecule has 0 aliphatic heterocycles. The van der Waals surface area contributed by atoms with Crippen molar-refractivity contribution >= 4 is 11.3 Å². The largest absolute Gasteiger partial charge is 0.286 e. The van der Waals surface area contributed by atoms with E-state index in [1.165, 1.54) is 0 Å². The van der Waals surface area contributed by atoms with Crippen molar-refractivity contribution in [3.63, 3.8) is 0 Å². The second kappa shape index (κ2) is 4.41. The van der Waals surface area contributed by atoms with Crippen LogP contribution in [0.3, 0.4) is 0 Å². The molecule has 4 aromatic heterocycles. The summed E-state index contributed by atoms with van der Waals surface area (Å²) in [5.41, 5.74) is 1.74. The Kier molecular flexibility index (Phi) is 2.45. The summed E-state index contributed by atoms with van der Waals surface area (Å²) < 4.78 is 4.01. The molecule has 0 radical (unpaired) electrons. The Morgan fingerprint density at radius 1 is 0.650 bits per heavy atom. The van der Waals surface area contributed by atoms with Crippen LogP contribution in [0.4, 0.5) is 0 Å². The average molecular weight is 264 g/mol. The number of hydrogen-bond acceptors (Lipinski definition) is 4. The van der Waals surface area contributed by atoms with Crippen molar-refractivity contribution in [2.24, 2.45) is 0 Å².